The van der Waals surface area contributed by atoms with Crippen LogP contribution in [0.2, 0.25) is 5.02 Å². The van der Waals surface area contributed by atoms with Crippen LogP contribution in [-0.4, -0.2) is 23.4 Å². The summed E-state index contributed by atoms with van der Waals surface area (Å²) in [5, 5.41) is 8.46. The van der Waals surface area contributed by atoms with Crippen molar-refractivity contribution >= 4 is 27.3 Å². The molecule has 0 spiro atoms. The van der Waals surface area contributed by atoms with E-state index < -0.39 is 10.0 Å². The van der Waals surface area contributed by atoms with Crippen molar-refractivity contribution in [2.45, 2.75) is 25.3 Å². The van der Waals surface area contributed by atoms with Crippen molar-refractivity contribution in [3.05, 3.63) is 58.7 Å². The van der Waals surface area contributed by atoms with Gasteiger partial charge in [-0.15, -0.1) is 0 Å². The standard InChI is InChI=1S/C15H15ClN4O3S/c1-10-15(11(2)23-18-10)24(21,22)19-14-7-17-20(9-14)8-12-4-3-5-13(16)6-12/h3-7,9,19H,8H2,1-2H3. The number of aryl methyl sites for hydroxylation is 2. The van der Waals surface area contributed by atoms with Crippen LogP contribution in [0.15, 0.2) is 46.1 Å². The van der Waals surface area contributed by atoms with E-state index in [1.54, 1.807) is 30.8 Å². The van der Waals surface area contributed by atoms with E-state index in [-0.39, 0.29) is 10.7 Å². The maximum absolute atomic E-state index is 12.5. The number of nitrogens with one attached hydrogen (secondary N) is 1. The zero-order valence-electron chi connectivity index (χ0n) is 13.0. The molecule has 0 aliphatic rings. The second-order valence-electron chi connectivity index (χ2n) is 5.32. The van der Waals surface area contributed by atoms with Crippen LogP contribution in [-0.2, 0) is 16.6 Å². The average molecular weight is 367 g/mol. The lowest BCUT2D eigenvalue weighted by Crippen LogP contribution is -2.14. The molecule has 24 heavy (non-hydrogen) atoms. The molecule has 0 saturated heterocycles. The average Bonchev–Trinajstić information content (AvgIpc) is 3.05. The molecule has 9 heteroatoms. The van der Waals surface area contributed by atoms with Gasteiger partial charge in [0.05, 0.1) is 18.4 Å². The first-order valence-electron chi connectivity index (χ1n) is 7.08. The molecule has 0 bridgehead atoms. The van der Waals surface area contributed by atoms with Crippen LogP contribution in [0.5, 0.6) is 0 Å². The Bertz CT molecular complexity index is 959. The van der Waals surface area contributed by atoms with Crippen LogP contribution in [0.4, 0.5) is 5.69 Å². The molecular formula is C15H15ClN4O3S. The number of hydrogen-bond donors (Lipinski definition) is 1. The highest BCUT2D eigenvalue weighted by molar-refractivity contribution is 7.92. The van der Waals surface area contributed by atoms with Gasteiger partial charge < -0.3 is 4.52 Å². The third-order valence-corrected chi connectivity index (χ3v) is 5.22. The Balaban J connectivity index is 1.79. The zero-order valence-corrected chi connectivity index (χ0v) is 14.6. The van der Waals surface area contributed by atoms with Gasteiger partial charge in [0, 0.05) is 11.2 Å². The van der Waals surface area contributed by atoms with Crippen LogP contribution in [0.1, 0.15) is 17.0 Å². The number of nitrogens with zero attached hydrogens (tertiary/aromatic N) is 3. The molecule has 0 radical (unpaired) electrons. The molecule has 3 aromatic rings. The Morgan fingerprint density at radius 1 is 1.33 bits per heavy atom. The molecule has 7 nitrogen and oxygen atoms in total. The number of hydrogen-bond acceptors (Lipinski definition) is 5. The summed E-state index contributed by atoms with van der Waals surface area (Å²) >= 11 is 5.95. The Labute approximate surface area is 144 Å². The Morgan fingerprint density at radius 2 is 2.12 bits per heavy atom. The second kappa shape index (κ2) is 6.29. The minimum absolute atomic E-state index is 0.0464. The van der Waals surface area contributed by atoms with Gasteiger partial charge in [0.15, 0.2) is 10.7 Å². The van der Waals surface area contributed by atoms with Crippen LogP contribution < -0.4 is 4.72 Å². The van der Waals surface area contributed by atoms with E-state index in [9.17, 15) is 8.42 Å². The van der Waals surface area contributed by atoms with Crippen LogP contribution in [0, 0.1) is 13.8 Å². The van der Waals surface area contributed by atoms with Gasteiger partial charge in [0.2, 0.25) is 0 Å². The lowest BCUT2D eigenvalue weighted by molar-refractivity contribution is 0.390. The highest BCUT2D eigenvalue weighted by atomic mass is 35.5. The molecule has 0 amide bonds. The Hall–Kier alpha value is -2.32. The highest BCUT2D eigenvalue weighted by Gasteiger charge is 2.24. The number of anilines is 1. The number of sulfonamides is 1. The number of aromatic nitrogens is 3. The van der Waals surface area contributed by atoms with Crippen molar-refractivity contribution in [1.82, 2.24) is 14.9 Å². The van der Waals surface area contributed by atoms with E-state index in [1.165, 1.54) is 6.20 Å². The van der Waals surface area contributed by atoms with Gasteiger partial charge in [-0.1, -0.05) is 28.9 Å². The smallest absolute Gasteiger partial charge is 0.267 e. The predicted molar refractivity (Wildman–Crippen MR) is 89.6 cm³/mol. The number of benzene rings is 1. The van der Waals surface area contributed by atoms with E-state index in [0.717, 1.165) is 5.56 Å². The molecule has 1 N–H and O–H groups in total. The summed E-state index contributed by atoms with van der Waals surface area (Å²) in [5.74, 6) is 0.242. The van der Waals surface area contributed by atoms with Gasteiger partial charge in [0.25, 0.3) is 10.0 Å². The normalized spacial score (nSPS) is 11.6. The molecule has 2 aromatic heterocycles. The van der Waals surface area contributed by atoms with Crippen molar-refractivity contribution in [3.8, 4) is 0 Å². The third kappa shape index (κ3) is 3.44. The van der Waals surface area contributed by atoms with Gasteiger partial charge in [-0.05, 0) is 31.5 Å². The maximum atomic E-state index is 12.5. The van der Waals surface area contributed by atoms with Crippen molar-refractivity contribution in [2.24, 2.45) is 0 Å². The summed E-state index contributed by atoms with van der Waals surface area (Å²) in [6.45, 7) is 3.61. The summed E-state index contributed by atoms with van der Waals surface area (Å²) in [6.07, 6.45) is 3.05. The fourth-order valence-corrected chi connectivity index (χ4v) is 3.96. The molecule has 126 valence electrons. The summed E-state index contributed by atoms with van der Waals surface area (Å²) in [5.41, 5.74) is 1.63. The number of halogens is 1. The molecule has 1 aromatic carbocycles. The lowest BCUT2D eigenvalue weighted by atomic mass is 10.2. The minimum atomic E-state index is -3.78. The fourth-order valence-electron chi connectivity index (χ4n) is 2.39. The lowest BCUT2D eigenvalue weighted by Gasteiger charge is -2.05. The van der Waals surface area contributed by atoms with Crippen LogP contribution >= 0.6 is 11.6 Å². The summed E-state index contributed by atoms with van der Waals surface area (Å²) in [7, 11) is -3.78. The molecule has 0 unspecified atom stereocenters. The first-order chi connectivity index (χ1) is 11.3. The number of rotatable bonds is 5. The molecule has 0 aliphatic heterocycles. The molecule has 0 saturated carbocycles. The maximum Gasteiger partial charge on any atom is 0.267 e. The van der Waals surface area contributed by atoms with Crippen LogP contribution in [0.3, 0.4) is 0 Å². The third-order valence-electron chi connectivity index (χ3n) is 3.36. The van der Waals surface area contributed by atoms with E-state index in [0.29, 0.717) is 22.9 Å². The summed E-state index contributed by atoms with van der Waals surface area (Å²) in [4.78, 5) is 0.0464. The topological polar surface area (TPSA) is 90.0 Å². The Kier molecular flexibility index (Phi) is 4.33. The predicted octanol–water partition coefficient (Wildman–Crippen LogP) is 2.99. The fraction of sp³-hybridized carbons (Fsp3) is 0.200. The van der Waals surface area contributed by atoms with E-state index in [2.05, 4.69) is 15.0 Å². The molecule has 0 atom stereocenters. The molecule has 0 aliphatic carbocycles. The van der Waals surface area contributed by atoms with Gasteiger partial charge in [-0.2, -0.15) is 5.10 Å². The zero-order chi connectivity index (χ0) is 17.3. The van der Waals surface area contributed by atoms with Gasteiger partial charge >= 0.3 is 0 Å². The van der Waals surface area contributed by atoms with Gasteiger partial charge in [0.1, 0.15) is 5.69 Å². The monoisotopic (exact) mass is 366 g/mol. The Morgan fingerprint density at radius 3 is 2.79 bits per heavy atom. The largest absolute Gasteiger partial charge is 0.360 e. The van der Waals surface area contributed by atoms with Crippen molar-refractivity contribution in [2.75, 3.05) is 4.72 Å². The molecule has 2 heterocycles. The first kappa shape index (κ1) is 16.5. The van der Waals surface area contributed by atoms with E-state index in [4.69, 9.17) is 16.1 Å². The minimum Gasteiger partial charge on any atom is -0.360 e. The molecule has 0 fully saturated rings. The SMILES string of the molecule is Cc1noc(C)c1S(=O)(=O)Nc1cnn(Cc2cccc(Cl)c2)c1. The summed E-state index contributed by atoms with van der Waals surface area (Å²) < 4.78 is 33.9. The first-order valence-corrected chi connectivity index (χ1v) is 8.94. The van der Waals surface area contributed by atoms with E-state index >= 15 is 0 Å². The molecule has 3 rings (SSSR count). The quantitative estimate of drug-likeness (QED) is 0.749. The van der Waals surface area contributed by atoms with E-state index in [1.807, 2.05) is 18.2 Å². The second-order valence-corrected chi connectivity index (χ2v) is 7.37. The summed E-state index contributed by atoms with van der Waals surface area (Å²) in [6, 6.07) is 7.39. The van der Waals surface area contributed by atoms with Crippen LogP contribution in [0.25, 0.3) is 0 Å². The van der Waals surface area contributed by atoms with Crippen molar-refractivity contribution < 1.29 is 12.9 Å². The van der Waals surface area contributed by atoms with Crippen molar-refractivity contribution in [1.29, 1.82) is 0 Å². The van der Waals surface area contributed by atoms with Crippen molar-refractivity contribution in [3.63, 3.8) is 0 Å². The van der Waals surface area contributed by atoms with Gasteiger partial charge in [-0.25, -0.2) is 8.42 Å². The molecular weight excluding hydrogens is 352 g/mol. The highest BCUT2D eigenvalue weighted by Crippen LogP contribution is 2.22. The van der Waals surface area contributed by atoms with Gasteiger partial charge in [-0.3, -0.25) is 9.40 Å².